The fourth-order valence-corrected chi connectivity index (χ4v) is 8.87. The predicted octanol–water partition coefficient (Wildman–Crippen LogP) is 7.89. The molecule has 7 heteroatoms. The van der Waals surface area contributed by atoms with Crippen LogP contribution in [0.2, 0.25) is 0 Å². The Labute approximate surface area is 257 Å². The van der Waals surface area contributed by atoms with Crippen LogP contribution in [-0.4, -0.2) is 33.1 Å². The van der Waals surface area contributed by atoms with Crippen LogP contribution in [0.4, 0.5) is 11.4 Å². The van der Waals surface area contributed by atoms with Crippen molar-refractivity contribution >= 4 is 11.4 Å². The smallest absolute Gasteiger partial charge is 0.170 e. The summed E-state index contributed by atoms with van der Waals surface area (Å²) in [6.45, 7) is 1.56. The zero-order valence-corrected chi connectivity index (χ0v) is 24.7. The van der Waals surface area contributed by atoms with Gasteiger partial charge in [0.05, 0.1) is 13.3 Å². The summed E-state index contributed by atoms with van der Waals surface area (Å²) >= 11 is 0. The number of aromatic nitrogens is 2. The highest BCUT2D eigenvalue weighted by molar-refractivity contribution is 5.80. The van der Waals surface area contributed by atoms with Gasteiger partial charge in [-0.2, -0.15) is 0 Å². The first kappa shape index (κ1) is 24.6. The first-order chi connectivity index (χ1) is 21.8. The molecule has 3 aliphatic heterocycles. The second kappa shape index (κ2) is 9.11. The van der Waals surface area contributed by atoms with Gasteiger partial charge in [0.1, 0.15) is 11.5 Å². The average molecular weight is 579 g/mol. The van der Waals surface area contributed by atoms with Gasteiger partial charge in [0.25, 0.3) is 0 Å². The molecule has 8 bridgehead atoms. The highest BCUT2D eigenvalue weighted by Crippen LogP contribution is 2.59. The SMILES string of the molecule is c1cc2cc(c1)N1CN(C3=C1CCCC3)C1(c3ccncc3-c3cnccc31)N1CN(C3=C1CCCC3)c1cccc(c1)O2. The molecule has 1 spiro atoms. The third-order valence-corrected chi connectivity index (χ3v) is 10.6. The molecule has 7 nitrogen and oxygen atoms in total. The van der Waals surface area contributed by atoms with E-state index in [1.54, 1.807) is 0 Å². The number of hydrogen-bond donors (Lipinski definition) is 0. The van der Waals surface area contributed by atoms with Crippen LogP contribution in [0.5, 0.6) is 11.5 Å². The van der Waals surface area contributed by atoms with Crippen molar-refractivity contribution in [3.63, 3.8) is 0 Å². The van der Waals surface area contributed by atoms with Gasteiger partial charge in [-0.3, -0.25) is 9.97 Å². The molecule has 0 N–H and O–H groups in total. The highest BCUT2D eigenvalue weighted by Gasteiger charge is 2.58. The Balaban J connectivity index is 1.31. The summed E-state index contributed by atoms with van der Waals surface area (Å²) in [4.78, 5) is 20.0. The molecular weight excluding hydrogens is 544 g/mol. The number of nitrogens with zero attached hydrogens (tertiary/aromatic N) is 6. The Morgan fingerprint density at radius 1 is 0.568 bits per heavy atom. The molecule has 0 fully saturated rings. The topological polar surface area (TPSA) is 48.0 Å². The van der Waals surface area contributed by atoms with Crippen LogP contribution in [0.15, 0.2) is 108 Å². The molecule has 10 rings (SSSR count). The van der Waals surface area contributed by atoms with Gasteiger partial charge in [-0.1, -0.05) is 12.1 Å². The van der Waals surface area contributed by atoms with E-state index in [1.807, 2.05) is 12.4 Å². The summed E-state index contributed by atoms with van der Waals surface area (Å²) in [7, 11) is 0. The minimum absolute atomic E-state index is 0.522. The first-order valence-electron chi connectivity index (χ1n) is 16.1. The molecule has 0 saturated carbocycles. The third-order valence-electron chi connectivity index (χ3n) is 10.6. The summed E-state index contributed by atoms with van der Waals surface area (Å²) in [5.74, 6) is 1.74. The van der Waals surface area contributed by atoms with E-state index in [9.17, 15) is 0 Å². The monoisotopic (exact) mass is 578 g/mol. The standard InChI is InChI=1S/C37H34N6O/c1-3-13-35-33(11-1)40-23-42(35)37(31-15-17-38-21-29(31)30-22-39-18-16-32(30)37)43-24-41(34-12-2-4-14-36(34)43)26-8-6-10-28(20-26)44-27-9-5-7-25(40)19-27/h5-10,15-22H,1-4,11-14,23-24H2. The molecule has 0 saturated heterocycles. The molecule has 0 atom stereocenters. The second-order valence-electron chi connectivity index (χ2n) is 12.8. The number of anilines is 2. The van der Waals surface area contributed by atoms with Crippen molar-refractivity contribution in [2.75, 3.05) is 23.1 Å². The van der Waals surface area contributed by atoms with Crippen molar-refractivity contribution in [2.45, 2.75) is 57.0 Å². The van der Waals surface area contributed by atoms with E-state index in [-0.39, 0.29) is 0 Å². The molecule has 0 unspecified atom stereocenters. The molecule has 4 aromatic rings. The largest absolute Gasteiger partial charge is 0.457 e. The van der Waals surface area contributed by atoms with Crippen LogP contribution in [-0.2, 0) is 5.66 Å². The Morgan fingerprint density at radius 3 is 1.55 bits per heavy atom. The number of rotatable bonds is 0. The minimum Gasteiger partial charge on any atom is -0.457 e. The van der Waals surface area contributed by atoms with Crippen molar-refractivity contribution < 1.29 is 4.74 Å². The molecule has 2 aromatic heterocycles. The molecular formula is C37H34N6O. The van der Waals surface area contributed by atoms with Gasteiger partial charge >= 0.3 is 0 Å². The van der Waals surface area contributed by atoms with E-state index in [0.29, 0.717) is 0 Å². The normalized spacial score (nSPS) is 20.7. The lowest BCUT2D eigenvalue weighted by atomic mass is 9.89. The Morgan fingerprint density at radius 2 is 1.05 bits per heavy atom. The minimum atomic E-state index is -0.522. The first-order valence-corrected chi connectivity index (χ1v) is 16.1. The molecule has 0 radical (unpaired) electrons. The predicted molar refractivity (Wildman–Crippen MR) is 171 cm³/mol. The van der Waals surface area contributed by atoms with Gasteiger partial charge in [0.2, 0.25) is 0 Å². The number of allylic oxidation sites excluding steroid dienone is 4. The molecule has 0 amide bonds. The van der Waals surface area contributed by atoms with Crippen molar-refractivity contribution in [3.05, 3.63) is 119 Å². The maximum absolute atomic E-state index is 6.55. The number of hydrogen-bond acceptors (Lipinski definition) is 7. The van der Waals surface area contributed by atoms with Gasteiger partial charge in [-0.15, -0.1) is 0 Å². The number of benzene rings is 2. The van der Waals surface area contributed by atoms with Crippen LogP contribution in [0, 0.1) is 0 Å². The van der Waals surface area contributed by atoms with Crippen LogP contribution in [0.3, 0.4) is 0 Å². The van der Waals surface area contributed by atoms with E-state index < -0.39 is 5.66 Å². The summed E-state index contributed by atoms with van der Waals surface area (Å²) in [6.07, 6.45) is 17.3. The Bertz CT molecular complexity index is 1770. The molecule has 44 heavy (non-hydrogen) atoms. The maximum atomic E-state index is 6.55. The lowest BCUT2D eigenvalue weighted by Gasteiger charge is -2.51. The number of fused-ring (bicyclic) bond motifs is 21. The van der Waals surface area contributed by atoms with Crippen molar-refractivity contribution in [2.24, 2.45) is 0 Å². The Kier molecular flexibility index (Phi) is 5.10. The summed E-state index contributed by atoms with van der Waals surface area (Å²) in [6, 6.07) is 21.9. The van der Waals surface area contributed by atoms with Gasteiger partial charge in [0.15, 0.2) is 5.66 Å². The summed E-state index contributed by atoms with van der Waals surface area (Å²) in [5.41, 5.74) is 12.7. The summed E-state index contributed by atoms with van der Waals surface area (Å²) < 4.78 is 6.55. The fourth-order valence-electron chi connectivity index (χ4n) is 8.87. The molecule has 3 aliphatic carbocycles. The molecule has 2 aromatic carbocycles. The fraction of sp³-hybridized carbons (Fsp3) is 0.297. The van der Waals surface area contributed by atoms with E-state index in [4.69, 9.17) is 4.74 Å². The zero-order valence-electron chi connectivity index (χ0n) is 24.7. The van der Waals surface area contributed by atoms with Crippen molar-refractivity contribution in [1.82, 2.24) is 19.8 Å². The highest BCUT2D eigenvalue weighted by atomic mass is 16.5. The van der Waals surface area contributed by atoms with Crippen molar-refractivity contribution in [1.29, 1.82) is 0 Å². The van der Waals surface area contributed by atoms with E-state index in [2.05, 4.69) is 103 Å². The Hall–Kier alpha value is -4.78. The van der Waals surface area contributed by atoms with Gasteiger partial charge in [0, 0.05) is 93.3 Å². The second-order valence-corrected chi connectivity index (χ2v) is 12.8. The average Bonchev–Trinajstić information content (AvgIpc) is 3.74. The number of ether oxygens (including phenoxy) is 1. The van der Waals surface area contributed by atoms with E-state index >= 15 is 0 Å². The zero-order chi connectivity index (χ0) is 28.8. The lowest BCUT2D eigenvalue weighted by molar-refractivity contribution is 0.0263. The van der Waals surface area contributed by atoms with Crippen LogP contribution in [0.25, 0.3) is 11.1 Å². The van der Waals surface area contributed by atoms with E-state index in [1.165, 1.54) is 82.1 Å². The third kappa shape index (κ3) is 3.22. The van der Waals surface area contributed by atoms with Crippen LogP contribution in [0.1, 0.15) is 62.5 Å². The quantitative estimate of drug-likeness (QED) is 0.210. The van der Waals surface area contributed by atoms with E-state index in [0.717, 1.165) is 50.5 Å². The molecule has 5 heterocycles. The molecule has 6 aliphatic rings. The van der Waals surface area contributed by atoms with Crippen LogP contribution >= 0.6 is 0 Å². The number of pyridine rings is 2. The lowest BCUT2D eigenvalue weighted by Crippen LogP contribution is -2.57. The van der Waals surface area contributed by atoms with Crippen molar-refractivity contribution in [3.8, 4) is 22.6 Å². The van der Waals surface area contributed by atoms with Gasteiger partial charge in [-0.25, -0.2) is 0 Å². The van der Waals surface area contributed by atoms with Gasteiger partial charge in [-0.05, 0) is 87.8 Å². The van der Waals surface area contributed by atoms with Gasteiger partial charge < -0.3 is 24.3 Å². The maximum Gasteiger partial charge on any atom is 0.170 e. The molecule has 218 valence electrons. The summed E-state index contributed by atoms with van der Waals surface area (Å²) in [5, 5.41) is 0. The van der Waals surface area contributed by atoms with Crippen LogP contribution < -0.4 is 14.5 Å².